The summed E-state index contributed by atoms with van der Waals surface area (Å²) >= 11 is 0. The van der Waals surface area contributed by atoms with Crippen LogP contribution in [0.25, 0.3) is 11.1 Å². The van der Waals surface area contributed by atoms with Gasteiger partial charge in [0.15, 0.2) is 5.58 Å². The Morgan fingerprint density at radius 3 is 2.78 bits per heavy atom. The minimum atomic E-state index is -0.836. The first-order chi connectivity index (χ1) is 11.1. The highest BCUT2D eigenvalue weighted by atomic mass is 16.4. The average molecular weight is 313 g/mol. The third-order valence-corrected chi connectivity index (χ3v) is 6.33. The quantitative estimate of drug-likeness (QED) is 0.815. The van der Waals surface area contributed by atoms with Gasteiger partial charge in [-0.3, -0.25) is 16.0 Å². The van der Waals surface area contributed by atoms with Crippen LogP contribution < -0.4 is 11.1 Å². The molecule has 23 heavy (non-hydrogen) atoms. The molecule has 5 heterocycles. The van der Waals surface area contributed by atoms with E-state index in [0.717, 1.165) is 24.2 Å². The van der Waals surface area contributed by atoms with E-state index in [-0.39, 0.29) is 5.54 Å². The summed E-state index contributed by atoms with van der Waals surface area (Å²) < 4.78 is 5.99. The first kappa shape index (κ1) is 13.9. The molecule has 4 aliphatic heterocycles. The molecule has 2 bridgehead atoms. The molecule has 1 spiro atoms. The minimum Gasteiger partial charge on any atom is -0.436 e. The molecule has 4 saturated heterocycles. The lowest BCUT2D eigenvalue weighted by Crippen LogP contribution is -2.68. The summed E-state index contributed by atoms with van der Waals surface area (Å²) in [5.41, 5.74) is 8.50. The lowest BCUT2D eigenvalue weighted by molar-refractivity contribution is -0.0709. The number of oxazole rings is 1. The van der Waals surface area contributed by atoms with Crippen molar-refractivity contribution in [2.75, 3.05) is 33.2 Å². The Hall–Kier alpha value is -1.47. The number of likely N-dealkylation sites (N-methyl/N-ethyl adjacent to an activating group) is 1. The molecule has 4 aliphatic rings. The number of nitrogens with two attached hydrogens (primary N) is 1. The molecular formula is C17H23N5O. The monoisotopic (exact) mass is 313 g/mol. The third kappa shape index (κ3) is 1.75. The van der Waals surface area contributed by atoms with Gasteiger partial charge in [-0.1, -0.05) is 12.1 Å². The molecule has 0 amide bonds. The number of para-hydroxylation sites is 2. The number of piperidine rings is 3. The summed E-state index contributed by atoms with van der Waals surface area (Å²) in [6.45, 7) is 4.42. The van der Waals surface area contributed by atoms with Crippen molar-refractivity contribution in [3.05, 3.63) is 30.2 Å². The van der Waals surface area contributed by atoms with Gasteiger partial charge in [0.1, 0.15) is 5.52 Å². The normalized spacial score (nSPS) is 40.4. The Morgan fingerprint density at radius 2 is 2.09 bits per heavy atom. The maximum absolute atomic E-state index is 6.77. The van der Waals surface area contributed by atoms with Crippen molar-refractivity contribution in [2.24, 2.45) is 11.7 Å². The number of benzene rings is 1. The van der Waals surface area contributed by atoms with Crippen LogP contribution >= 0.6 is 0 Å². The standard InChI is InChI=1S/C17H23N5O/c1-21-16(11-22-8-6-12(16)7-9-22)10-19-17(21,18)15-20-13-4-2-3-5-14(13)23-15/h2-5,12,19H,6-11,18H2,1H3. The van der Waals surface area contributed by atoms with E-state index in [1.807, 2.05) is 24.3 Å². The van der Waals surface area contributed by atoms with Crippen molar-refractivity contribution in [1.29, 1.82) is 0 Å². The fourth-order valence-corrected chi connectivity index (χ4v) is 4.86. The molecule has 122 valence electrons. The highest BCUT2D eigenvalue weighted by Gasteiger charge is 2.60. The highest BCUT2D eigenvalue weighted by Crippen LogP contribution is 2.45. The predicted octanol–water partition coefficient (Wildman–Crippen LogP) is 0.896. The Morgan fingerprint density at radius 1 is 1.30 bits per heavy atom. The van der Waals surface area contributed by atoms with Crippen LogP contribution in [0.1, 0.15) is 18.7 Å². The number of hydrogen-bond acceptors (Lipinski definition) is 6. The Kier molecular flexibility index (Phi) is 2.75. The van der Waals surface area contributed by atoms with Crippen LogP contribution in [0.2, 0.25) is 0 Å². The molecule has 1 aromatic carbocycles. The first-order valence-electron chi connectivity index (χ1n) is 8.48. The van der Waals surface area contributed by atoms with Crippen molar-refractivity contribution in [1.82, 2.24) is 20.1 Å². The molecule has 6 rings (SSSR count). The van der Waals surface area contributed by atoms with Crippen molar-refractivity contribution < 1.29 is 4.42 Å². The summed E-state index contributed by atoms with van der Waals surface area (Å²) in [6.07, 6.45) is 2.52. The zero-order valence-electron chi connectivity index (χ0n) is 13.5. The molecule has 3 N–H and O–H groups in total. The summed E-state index contributed by atoms with van der Waals surface area (Å²) in [7, 11) is 2.12. The largest absolute Gasteiger partial charge is 0.436 e. The Labute approximate surface area is 135 Å². The summed E-state index contributed by atoms with van der Waals surface area (Å²) in [5.74, 6) is 0.423. The van der Waals surface area contributed by atoms with Crippen molar-refractivity contribution in [3.8, 4) is 0 Å². The molecule has 0 aliphatic carbocycles. The van der Waals surface area contributed by atoms with Crippen molar-refractivity contribution in [3.63, 3.8) is 0 Å². The zero-order chi connectivity index (χ0) is 15.7. The maximum atomic E-state index is 6.77. The maximum Gasteiger partial charge on any atom is 0.246 e. The van der Waals surface area contributed by atoms with E-state index in [2.05, 4.69) is 27.1 Å². The second-order valence-electron chi connectivity index (χ2n) is 7.32. The van der Waals surface area contributed by atoms with Gasteiger partial charge < -0.3 is 9.32 Å². The average Bonchev–Trinajstić information content (AvgIpc) is 3.13. The van der Waals surface area contributed by atoms with Crippen LogP contribution in [0.4, 0.5) is 0 Å². The summed E-state index contributed by atoms with van der Waals surface area (Å²) in [6, 6.07) is 7.83. The van der Waals surface area contributed by atoms with Crippen LogP contribution in [0.15, 0.2) is 28.7 Å². The van der Waals surface area contributed by atoms with E-state index in [0.29, 0.717) is 11.8 Å². The van der Waals surface area contributed by atoms with Crippen LogP contribution in [0, 0.1) is 5.92 Å². The number of hydrogen-bond donors (Lipinski definition) is 2. The second kappa shape index (κ2) is 4.54. The zero-order valence-corrected chi connectivity index (χ0v) is 13.5. The van der Waals surface area contributed by atoms with E-state index < -0.39 is 5.79 Å². The Bertz CT molecular complexity index is 719. The molecule has 4 fully saturated rings. The van der Waals surface area contributed by atoms with Gasteiger partial charge in [-0.15, -0.1) is 0 Å². The van der Waals surface area contributed by atoms with Gasteiger partial charge in [-0.05, 0) is 51.0 Å². The topological polar surface area (TPSA) is 70.6 Å². The van der Waals surface area contributed by atoms with Gasteiger partial charge in [0.25, 0.3) is 0 Å². The number of aromatic nitrogens is 1. The van der Waals surface area contributed by atoms with Gasteiger partial charge in [-0.25, -0.2) is 4.98 Å². The predicted molar refractivity (Wildman–Crippen MR) is 87.5 cm³/mol. The molecule has 0 radical (unpaired) electrons. The molecule has 2 unspecified atom stereocenters. The van der Waals surface area contributed by atoms with Gasteiger partial charge in [-0.2, -0.15) is 0 Å². The van der Waals surface area contributed by atoms with Crippen LogP contribution in [0.3, 0.4) is 0 Å². The van der Waals surface area contributed by atoms with E-state index in [4.69, 9.17) is 10.2 Å². The van der Waals surface area contributed by atoms with E-state index in [1.54, 1.807) is 0 Å². The van der Waals surface area contributed by atoms with Gasteiger partial charge in [0.05, 0.1) is 5.54 Å². The molecule has 0 saturated carbocycles. The van der Waals surface area contributed by atoms with Gasteiger partial charge in [0, 0.05) is 13.1 Å². The van der Waals surface area contributed by atoms with Gasteiger partial charge in [0.2, 0.25) is 11.7 Å². The number of fused-ring (bicyclic) bond motifs is 3. The molecular weight excluding hydrogens is 290 g/mol. The molecule has 6 heteroatoms. The van der Waals surface area contributed by atoms with Crippen LogP contribution in [-0.2, 0) is 5.79 Å². The number of nitrogens with zero attached hydrogens (tertiary/aromatic N) is 3. The first-order valence-corrected chi connectivity index (χ1v) is 8.48. The molecule has 2 atom stereocenters. The van der Waals surface area contributed by atoms with E-state index >= 15 is 0 Å². The van der Waals surface area contributed by atoms with Crippen LogP contribution in [0.5, 0.6) is 0 Å². The van der Waals surface area contributed by atoms with Gasteiger partial charge >= 0.3 is 0 Å². The lowest BCUT2D eigenvalue weighted by atomic mass is 9.72. The molecule has 2 aromatic rings. The fraction of sp³-hybridized carbons (Fsp3) is 0.588. The fourth-order valence-electron chi connectivity index (χ4n) is 4.86. The Balaban J connectivity index is 1.55. The summed E-state index contributed by atoms with van der Waals surface area (Å²) in [4.78, 5) is 9.51. The number of nitrogens with one attached hydrogen (secondary N) is 1. The highest BCUT2D eigenvalue weighted by molar-refractivity contribution is 5.72. The van der Waals surface area contributed by atoms with Crippen LogP contribution in [-0.4, -0.2) is 53.5 Å². The molecule has 6 nitrogen and oxygen atoms in total. The lowest BCUT2D eigenvalue weighted by Gasteiger charge is -2.55. The summed E-state index contributed by atoms with van der Waals surface area (Å²) in [5, 5.41) is 3.53. The van der Waals surface area contributed by atoms with E-state index in [9.17, 15) is 0 Å². The SMILES string of the molecule is CN1C(N)(c2nc3ccccc3o2)NCC12CN1CCC2CC1. The number of rotatable bonds is 1. The van der Waals surface area contributed by atoms with Crippen molar-refractivity contribution >= 4 is 11.1 Å². The third-order valence-electron chi connectivity index (χ3n) is 6.33. The van der Waals surface area contributed by atoms with Crippen molar-refractivity contribution in [2.45, 2.75) is 24.2 Å². The smallest absolute Gasteiger partial charge is 0.246 e. The molecule has 1 aromatic heterocycles. The minimum absolute atomic E-state index is 0.0892. The van der Waals surface area contributed by atoms with E-state index in [1.165, 1.54) is 25.9 Å². The second-order valence-corrected chi connectivity index (χ2v) is 7.32.